The molecule has 0 aliphatic rings. The second kappa shape index (κ2) is 3.02. The van der Waals surface area contributed by atoms with E-state index in [1.165, 1.54) is 19.5 Å². The molecule has 5 heteroatoms. The number of methoxy groups -OCH3 is 1. The summed E-state index contributed by atoms with van der Waals surface area (Å²) in [5.74, 6) is -0.514. The first kappa shape index (κ1) is 8.55. The zero-order valence-electron chi connectivity index (χ0n) is 7.44. The summed E-state index contributed by atoms with van der Waals surface area (Å²) in [4.78, 5) is 17.5. The summed E-state index contributed by atoms with van der Waals surface area (Å²) in [6.07, 6.45) is 2.92. The number of aromatic nitrogens is 2. The number of aromatic carboxylic acids is 1. The Morgan fingerprint density at radius 3 is 3.07 bits per heavy atom. The Hall–Kier alpha value is -2.04. The van der Waals surface area contributed by atoms with Gasteiger partial charge in [-0.2, -0.15) is 0 Å². The second-order valence-electron chi connectivity index (χ2n) is 2.78. The number of nitrogens with one attached hydrogen (secondary N) is 1. The van der Waals surface area contributed by atoms with Crippen LogP contribution in [0.2, 0.25) is 0 Å². The van der Waals surface area contributed by atoms with Crippen LogP contribution in [0.5, 0.6) is 5.88 Å². The van der Waals surface area contributed by atoms with Gasteiger partial charge in [0.15, 0.2) is 0 Å². The Morgan fingerprint density at radius 2 is 2.43 bits per heavy atom. The van der Waals surface area contributed by atoms with Crippen molar-refractivity contribution in [2.45, 2.75) is 0 Å². The largest absolute Gasteiger partial charge is 0.481 e. The van der Waals surface area contributed by atoms with Gasteiger partial charge in [-0.05, 0) is 0 Å². The Kier molecular flexibility index (Phi) is 1.85. The van der Waals surface area contributed by atoms with Gasteiger partial charge < -0.3 is 14.8 Å². The molecule has 2 rings (SSSR count). The van der Waals surface area contributed by atoms with E-state index in [1.807, 2.05) is 0 Å². The van der Waals surface area contributed by atoms with Crippen LogP contribution in [0, 0.1) is 0 Å². The molecule has 0 spiro atoms. The molecule has 0 fully saturated rings. The fourth-order valence-corrected chi connectivity index (χ4v) is 1.29. The predicted molar refractivity (Wildman–Crippen MR) is 49.6 cm³/mol. The van der Waals surface area contributed by atoms with Gasteiger partial charge in [-0.25, -0.2) is 9.78 Å². The van der Waals surface area contributed by atoms with Gasteiger partial charge in [0, 0.05) is 23.8 Å². The van der Waals surface area contributed by atoms with E-state index in [4.69, 9.17) is 9.84 Å². The third-order valence-electron chi connectivity index (χ3n) is 1.98. The van der Waals surface area contributed by atoms with E-state index in [-0.39, 0.29) is 5.56 Å². The van der Waals surface area contributed by atoms with Crippen molar-refractivity contribution in [3.63, 3.8) is 0 Å². The maximum Gasteiger partial charge on any atom is 0.337 e. The number of ether oxygens (including phenoxy) is 1. The number of carbonyl (C=O) groups is 1. The third-order valence-corrected chi connectivity index (χ3v) is 1.98. The van der Waals surface area contributed by atoms with E-state index in [9.17, 15) is 4.79 Å². The molecule has 2 aromatic rings. The number of carboxylic acid groups (broad SMARTS) is 1. The van der Waals surface area contributed by atoms with Crippen molar-refractivity contribution >= 4 is 16.9 Å². The third kappa shape index (κ3) is 1.19. The summed E-state index contributed by atoms with van der Waals surface area (Å²) < 4.78 is 4.91. The molecule has 0 saturated carbocycles. The van der Waals surface area contributed by atoms with Crippen LogP contribution in [0.3, 0.4) is 0 Å². The minimum atomic E-state index is -0.969. The van der Waals surface area contributed by atoms with Gasteiger partial charge in [0.2, 0.25) is 5.88 Å². The Morgan fingerprint density at radius 1 is 1.64 bits per heavy atom. The van der Waals surface area contributed by atoms with Gasteiger partial charge in [-0.1, -0.05) is 0 Å². The molecule has 0 atom stereocenters. The molecule has 2 N–H and O–H groups in total. The lowest BCUT2D eigenvalue weighted by Gasteiger charge is -1.97. The highest BCUT2D eigenvalue weighted by molar-refractivity contribution is 6.02. The number of carboxylic acids is 1. The maximum atomic E-state index is 10.8. The Balaban J connectivity index is 2.65. The second-order valence-corrected chi connectivity index (χ2v) is 2.78. The summed E-state index contributed by atoms with van der Waals surface area (Å²) in [5, 5.41) is 9.40. The quantitative estimate of drug-likeness (QED) is 0.751. The molecular formula is C9H8N2O3. The fraction of sp³-hybridized carbons (Fsp3) is 0.111. The summed E-state index contributed by atoms with van der Waals surface area (Å²) >= 11 is 0. The van der Waals surface area contributed by atoms with E-state index in [0.717, 1.165) is 0 Å². The van der Waals surface area contributed by atoms with E-state index >= 15 is 0 Å². The average Bonchev–Trinajstić information content (AvgIpc) is 2.59. The highest BCUT2D eigenvalue weighted by Gasteiger charge is 2.10. The van der Waals surface area contributed by atoms with E-state index in [0.29, 0.717) is 16.8 Å². The SMILES string of the molecule is COc1cc2[nH]cc(C(=O)O)c2cn1. The van der Waals surface area contributed by atoms with Crippen molar-refractivity contribution in [3.05, 3.63) is 24.0 Å². The molecule has 0 bridgehead atoms. The van der Waals surface area contributed by atoms with Crippen LogP contribution in [-0.4, -0.2) is 28.2 Å². The molecule has 0 radical (unpaired) electrons. The Labute approximate surface area is 79.3 Å². The van der Waals surface area contributed by atoms with Crippen LogP contribution in [0.25, 0.3) is 10.9 Å². The zero-order chi connectivity index (χ0) is 10.1. The van der Waals surface area contributed by atoms with E-state index in [2.05, 4.69) is 9.97 Å². The highest BCUT2D eigenvalue weighted by Crippen LogP contribution is 2.20. The molecule has 72 valence electrons. The van der Waals surface area contributed by atoms with Gasteiger partial charge in [0.25, 0.3) is 0 Å². The monoisotopic (exact) mass is 192 g/mol. The molecule has 5 nitrogen and oxygen atoms in total. The fourth-order valence-electron chi connectivity index (χ4n) is 1.29. The molecule has 0 unspecified atom stereocenters. The first-order chi connectivity index (χ1) is 6.72. The van der Waals surface area contributed by atoms with Crippen molar-refractivity contribution in [1.82, 2.24) is 9.97 Å². The van der Waals surface area contributed by atoms with Crippen LogP contribution in [0.4, 0.5) is 0 Å². The molecule has 0 aromatic carbocycles. The van der Waals surface area contributed by atoms with Crippen molar-refractivity contribution < 1.29 is 14.6 Å². The van der Waals surface area contributed by atoms with Crippen LogP contribution in [0.15, 0.2) is 18.5 Å². The highest BCUT2D eigenvalue weighted by atomic mass is 16.5. The molecule has 0 saturated heterocycles. The first-order valence-electron chi connectivity index (χ1n) is 3.97. The predicted octanol–water partition coefficient (Wildman–Crippen LogP) is 1.27. The smallest absolute Gasteiger partial charge is 0.337 e. The minimum Gasteiger partial charge on any atom is -0.481 e. The van der Waals surface area contributed by atoms with Gasteiger partial charge >= 0.3 is 5.97 Å². The van der Waals surface area contributed by atoms with Crippen LogP contribution in [-0.2, 0) is 0 Å². The standard InChI is InChI=1S/C9H8N2O3/c1-14-8-2-7-5(3-11-8)6(4-10-7)9(12)13/h2-4,10H,1H3,(H,12,13). The first-order valence-corrected chi connectivity index (χ1v) is 3.97. The minimum absolute atomic E-state index is 0.218. The number of hydrogen-bond donors (Lipinski definition) is 2. The molecule has 0 aliphatic carbocycles. The summed E-state index contributed by atoms with van der Waals surface area (Å²) in [6.45, 7) is 0. The molecule has 0 amide bonds. The Bertz CT molecular complexity index is 490. The molecule has 14 heavy (non-hydrogen) atoms. The van der Waals surface area contributed by atoms with Crippen LogP contribution < -0.4 is 4.74 Å². The molecule has 0 aliphatic heterocycles. The van der Waals surface area contributed by atoms with Crippen LogP contribution >= 0.6 is 0 Å². The van der Waals surface area contributed by atoms with E-state index < -0.39 is 5.97 Å². The number of rotatable bonds is 2. The summed E-state index contributed by atoms with van der Waals surface area (Å²) in [7, 11) is 1.51. The lowest BCUT2D eigenvalue weighted by atomic mass is 10.2. The lowest BCUT2D eigenvalue weighted by Crippen LogP contribution is -1.94. The summed E-state index contributed by atoms with van der Waals surface area (Å²) in [5.41, 5.74) is 0.921. The van der Waals surface area contributed by atoms with Gasteiger partial charge in [0.1, 0.15) is 0 Å². The zero-order valence-corrected chi connectivity index (χ0v) is 7.44. The molecule has 2 heterocycles. The van der Waals surface area contributed by atoms with Crippen molar-refractivity contribution in [2.24, 2.45) is 0 Å². The molecular weight excluding hydrogens is 184 g/mol. The number of fused-ring (bicyclic) bond motifs is 1. The van der Waals surface area contributed by atoms with Gasteiger partial charge in [-0.3, -0.25) is 0 Å². The van der Waals surface area contributed by atoms with Crippen LogP contribution in [0.1, 0.15) is 10.4 Å². The average molecular weight is 192 g/mol. The number of nitrogens with zero attached hydrogens (tertiary/aromatic N) is 1. The maximum absolute atomic E-state index is 10.8. The number of hydrogen-bond acceptors (Lipinski definition) is 3. The topological polar surface area (TPSA) is 75.2 Å². The van der Waals surface area contributed by atoms with Gasteiger partial charge in [0.05, 0.1) is 18.2 Å². The van der Waals surface area contributed by atoms with E-state index in [1.54, 1.807) is 6.07 Å². The normalized spacial score (nSPS) is 10.4. The number of H-pyrrole nitrogens is 1. The van der Waals surface area contributed by atoms with Crippen molar-refractivity contribution in [1.29, 1.82) is 0 Å². The number of pyridine rings is 1. The number of aromatic amines is 1. The molecule has 2 aromatic heterocycles. The summed E-state index contributed by atoms with van der Waals surface area (Å²) in [6, 6.07) is 1.65. The van der Waals surface area contributed by atoms with Gasteiger partial charge in [-0.15, -0.1) is 0 Å². The van der Waals surface area contributed by atoms with Crippen molar-refractivity contribution in [3.8, 4) is 5.88 Å². The lowest BCUT2D eigenvalue weighted by molar-refractivity contribution is 0.0699. The van der Waals surface area contributed by atoms with Crippen molar-refractivity contribution in [2.75, 3.05) is 7.11 Å².